The molecule has 0 radical (unpaired) electrons. The Bertz CT molecular complexity index is 386. The second-order valence-corrected chi connectivity index (χ2v) is 3.52. The fourth-order valence-corrected chi connectivity index (χ4v) is 1.16. The van der Waals surface area contributed by atoms with Crippen LogP contribution in [0.2, 0.25) is 0 Å². The lowest BCUT2D eigenvalue weighted by Crippen LogP contribution is -1.96. The van der Waals surface area contributed by atoms with Gasteiger partial charge in [0.25, 0.3) is 0 Å². The minimum Gasteiger partial charge on any atom is -0.381 e. The van der Waals surface area contributed by atoms with Gasteiger partial charge in [-0.05, 0) is 31.8 Å². The maximum absolute atomic E-state index is 8.99. The molecule has 0 aliphatic heterocycles. The Balaban J connectivity index is 2.18. The predicted molar refractivity (Wildman–Crippen MR) is 52.6 cm³/mol. The maximum atomic E-state index is 8.99. The van der Waals surface area contributed by atoms with Crippen LogP contribution < -0.4 is 0 Å². The van der Waals surface area contributed by atoms with E-state index in [2.05, 4.69) is 21.8 Å². The molecule has 0 aromatic carbocycles. The molecule has 0 saturated heterocycles. The fourth-order valence-electron chi connectivity index (χ4n) is 1.16. The molecule has 0 spiro atoms. The minimum absolute atomic E-state index is 0.545. The third-order valence-corrected chi connectivity index (χ3v) is 2.03. The summed E-state index contributed by atoms with van der Waals surface area (Å²) in [6.45, 7) is 1.63. The van der Waals surface area contributed by atoms with Crippen molar-refractivity contribution in [3.63, 3.8) is 0 Å². The Kier molecular flexibility index (Phi) is 2.47. The third-order valence-electron chi connectivity index (χ3n) is 2.03. The van der Waals surface area contributed by atoms with Crippen molar-refractivity contribution < 1.29 is 5.11 Å². The third kappa shape index (κ3) is 2.30. The van der Waals surface area contributed by atoms with Crippen LogP contribution in [0.5, 0.6) is 0 Å². The molecule has 1 fully saturated rings. The van der Waals surface area contributed by atoms with Crippen LogP contribution in [-0.2, 0) is 0 Å². The fraction of sp³-hybridized carbons (Fsp3) is 0.455. The van der Waals surface area contributed by atoms with Crippen LogP contribution in [0.15, 0.2) is 12.3 Å². The number of hydrogen-bond donors (Lipinski definition) is 1. The molecule has 14 heavy (non-hydrogen) atoms. The zero-order valence-electron chi connectivity index (χ0n) is 8.07. The lowest BCUT2D eigenvalue weighted by molar-refractivity contribution is 0.253. The number of aliphatic hydroxyl groups excluding tert-OH is 1. The molecule has 72 valence electrons. The molecular formula is C11H12N2O. The summed E-state index contributed by atoms with van der Waals surface area (Å²) in [5.74, 6) is 6.92. The molecule has 1 N–H and O–H groups in total. The van der Waals surface area contributed by atoms with Gasteiger partial charge < -0.3 is 5.11 Å². The van der Waals surface area contributed by atoms with Crippen LogP contribution in [0.3, 0.4) is 0 Å². The van der Waals surface area contributed by atoms with Gasteiger partial charge in [0.05, 0.1) is 0 Å². The summed E-state index contributed by atoms with van der Waals surface area (Å²) in [6, 6.07) is 1.77. The van der Waals surface area contributed by atoms with E-state index < -0.39 is 6.10 Å². The van der Waals surface area contributed by atoms with Crippen LogP contribution >= 0.6 is 0 Å². The highest BCUT2D eigenvalue weighted by Gasteiger charge is 2.26. The zero-order valence-corrected chi connectivity index (χ0v) is 8.07. The van der Waals surface area contributed by atoms with Gasteiger partial charge in [-0.1, -0.05) is 5.92 Å². The smallest absolute Gasteiger partial charge is 0.132 e. The van der Waals surface area contributed by atoms with Crippen molar-refractivity contribution in [3.8, 4) is 11.8 Å². The molecule has 1 aromatic rings. The first kappa shape index (κ1) is 9.17. The van der Waals surface area contributed by atoms with Gasteiger partial charge in [-0.25, -0.2) is 9.97 Å². The van der Waals surface area contributed by atoms with Gasteiger partial charge in [0.2, 0.25) is 0 Å². The van der Waals surface area contributed by atoms with Gasteiger partial charge in [0, 0.05) is 12.1 Å². The number of rotatable bonds is 1. The average molecular weight is 188 g/mol. The van der Waals surface area contributed by atoms with Crippen LogP contribution in [0.4, 0.5) is 0 Å². The highest BCUT2D eigenvalue weighted by molar-refractivity contribution is 5.28. The lowest BCUT2D eigenvalue weighted by Gasteiger charge is -1.95. The van der Waals surface area contributed by atoms with Crippen molar-refractivity contribution in [2.24, 2.45) is 0 Å². The first-order valence-corrected chi connectivity index (χ1v) is 4.78. The van der Waals surface area contributed by atoms with E-state index in [0.29, 0.717) is 11.6 Å². The Hall–Kier alpha value is -1.40. The largest absolute Gasteiger partial charge is 0.381 e. The standard InChI is InChI=1S/C11H12N2O/c1-8(14)2-5-10-6-7-12-11(13-10)9-3-4-9/h6-9,14H,3-4H2,1H3/t8-/m0/s1. The van der Waals surface area contributed by atoms with Crippen molar-refractivity contribution in [1.29, 1.82) is 0 Å². The molecule has 0 bridgehead atoms. The summed E-state index contributed by atoms with van der Waals surface area (Å²) in [5, 5.41) is 8.99. The van der Waals surface area contributed by atoms with Crippen molar-refractivity contribution >= 4 is 0 Å². The average Bonchev–Trinajstić information content (AvgIpc) is 2.98. The van der Waals surface area contributed by atoms with E-state index in [1.807, 2.05) is 0 Å². The van der Waals surface area contributed by atoms with Crippen molar-refractivity contribution in [1.82, 2.24) is 9.97 Å². The van der Waals surface area contributed by atoms with Crippen LogP contribution in [0, 0.1) is 11.8 Å². The quantitative estimate of drug-likeness (QED) is 0.671. The second-order valence-electron chi connectivity index (χ2n) is 3.52. The summed E-state index contributed by atoms with van der Waals surface area (Å²) in [4.78, 5) is 8.50. The highest BCUT2D eigenvalue weighted by Crippen LogP contribution is 2.37. The first-order valence-electron chi connectivity index (χ1n) is 4.78. The summed E-state index contributed by atoms with van der Waals surface area (Å²) in [6.07, 6.45) is 3.50. The minimum atomic E-state index is -0.602. The lowest BCUT2D eigenvalue weighted by atomic mass is 10.3. The maximum Gasteiger partial charge on any atom is 0.132 e. The highest BCUT2D eigenvalue weighted by atomic mass is 16.3. The Morgan fingerprint density at radius 2 is 2.36 bits per heavy atom. The molecule has 1 saturated carbocycles. The summed E-state index contributed by atoms with van der Waals surface area (Å²) >= 11 is 0. The molecule has 1 atom stereocenters. The van der Waals surface area contributed by atoms with Crippen LogP contribution in [-0.4, -0.2) is 21.2 Å². The van der Waals surface area contributed by atoms with E-state index in [9.17, 15) is 0 Å². The first-order chi connectivity index (χ1) is 6.75. The molecule has 3 heteroatoms. The zero-order chi connectivity index (χ0) is 9.97. The van der Waals surface area contributed by atoms with E-state index in [0.717, 1.165) is 5.82 Å². The monoisotopic (exact) mass is 188 g/mol. The van der Waals surface area contributed by atoms with Gasteiger partial charge in [-0.3, -0.25) is 0 Å². The van der Waals surface area contributed by atoms with Crippen LogP contribution in [0.1, 0.15) is 37.2 Å². The topological polar surface area (TPSA) is 46.0 Å². The van der Waals surface area contributed by atoms with E-state index in [4.69, 9.17) is 5.11 Å². The summed E-state index contributed by atoms with van der Waals surface area (Å²) in [5.41, 5.74) is 0.697. The number of nitrogens with zero attached hydrogens (tertiary/aromatic N) is 2. The Labute approximate surface area is 83.2 Å². The molecule has 0 amide bonds. The van der Waals surface area contributed by atoms with Gasteiger partial charge >= 0.3 is 0 Å². The molecule has 1 heterocycles. The number of aliphatic hydroxyl groups is 1. The SMILES string of the molecule is C[C@H](O)C#Cc1ccnc(C2CC2)n1. The molecule has 1 aliphatic rings. The van der Waals surface area contributed by atoms with E-state index in [-0.39, 0.29) is 0 Å². The molecule has 2 rings (SSSR count). The molecule has 0 unspecified atom stereocenters. The number of hydrogen-bond acceptors (Lipinski definition) is 3. The number of aromatic nitrogens is 2. The second kappa shape index (κ2) is 3.77. The van der Waals surface area contributed by atoms with Gasteiger partial charge in [-0.15, -0.1) is 0 Å². The van der Waals surface area contributed by atoms with Gasteiger partial charge in [0.15, 0.2) is 0 Å². The molecule has 1 aliphatic carbocycles. The molecular weight excluding hydrogens is 176 g/mol. The Morgan fingerprint density at radius 3 is 3.00 bits per heavy atom. The van der Waals surface area contributed by atoms with Crippen molar-refractivity contribution in [2.45, 2.75) is 31.8 Å². The van der Waals surface area contributed by atoms with Gasteiger partial charge in [-0.2, -0.15) is 0 Å². The van der Waals surface area contributed by atoms with E-state index >= 15 is 0 Å². The van der Waals surface area contributed by atoms with Crippen LogP contribution in [0.25, 0.3) is 0 Å². The summed E-state index contributed by atoms with van der Waals surface area (Å²) < 4.78 is 0. The van der Waals surface area contributed by atoms with Gasteiger partial charge in [0.1, 0.15) is 17.6 Å². The predicted octanol–water partition coefficient (Wildman–Crippen LogP) is 1.09. The van der Waals surface area contributed by atoms with Crippen molar-refractivity contribution in [3.05, 3.63) is 23.8 Å². The van der Waals surface area contributed by atoms with E-state index in [1.165, 1.54) is 12.8 Å². The van der Waals surface area contributed by atoms with Crippen molar-refractivity contribution in [2.75, 3.05) is 0 Å². The molecule has 3 nitrogen and oxygen atoms in total. The molecule has 1 aromatic heterocycles. The summed E-state index contributed by atoms with van der Waals surface area (Å²) in [7, 11) is 0. The normalized spacial score (nSPS) is 17.0. The Morgan fingerprint density at radius 1 is 1.57 bits per heavy atom. The van der Waals surface area contributed by atoms with E-state index in [1.54, 1.807) is 19.2 Å².